The molecular weight excluding hydrogens is 328 g/mol. The summed E-state index contributed by atoms with van der Waals surface area (Å²) in [6.45, 7) is 4.54. The van der Waals surface area contributed by atoms with Crippen LogP contribution in [0.25, 0.3) is 0 Å². The second-order valence-electron chi connectivity index (χ2n) is 10.0. The summed E-state index contributed by atoms with van der Waals surface area (Å²) >= 11 is 0. The monoisotopic (exact) mass is 368 g/mol. The molecular formula is C26H40O. The second-order valence-corrected chi connectivity index (χ2v) is 10.0. The summed E-state index contributed by atoms with van der Waals surface area (Å²) in [6.07, 6.45) is 18.1. The van der Waals surface area contributed by atoms with E-state index in [1.807, 2.05) is 0 Å². The highest BCUT2D eigenvalue weighted by Gasteiger charge is 2.46. The standard InChI is InChI=1S/C26H40O/c1-3-4-5-7-12-20-14-22-15-21(20)16-24(22)23-17-25(26(27)13-18(23)2)19-10-8-6-9-11-19/h13,17,19-22,24,27H,3-12,14-16H2,1-2H3. The molecule has 4 rings (SSSR count). The topological polar surface area (TPSA) is 20.2 Å². The largest absolute Gasteiger partial charge is 0.508 e. The van der Waals surface area contributed by atoms with E-state index in [9.17, 15) is 5.11 Å². The molecule has 1 aromatic rings. The van der Waals surface area contributed by atoms with E-state index in [1.54, 1.807) is 5.56 Å². The molecule has 3 saturated carbocycles. The summed E-state index contributed by atoms with van der Waals surface area (Å²) in [5.74, 6) is 4.84. The molecule has 1 aromatic carbocycles. The molecule has 0 heterocycles. The van der Waals surface area contributed by atoms with E-state index < -0.39 is 0 Å². The van der Waals surface area contributed by atoms with Gasteiger partial charge in [0.05, 0.1) is 0 Å². The molecule has 0 aromatic heterocycles. The molecule has 1 heteroatoms. The first-order chi connectivity index (χ1) is 13.2. The van der Waals surface area contributed by atoms with Crippen molar-refractivity contribution < 1.29 is 5.11 Å². The Balaban J connectivity index is 1.44. The maximum Gasteiger partial charge on any atom is 0.119 e. The number of benzene rings is 1. The predicted octanol–water partition coefficient (Wildman–Crippen LogP) is 7.85. The van der Waals surface area contributed by atoms with Crippen LogP contribution in [-0.2, 0) is 0 Å². The Morgan fingerprint density at radius 2 is 1.70 bits per heavy atom. The van der Waals surface area contributed by atoms with E-state index in [-0.39, 0.29) is 0 Å². The number of hydrogen-bond donors (Lipinski definition) is 1. The van der Waals surface area contributed by atoms with Crippen LogP contribution in [0.15, 0.2) is 12.1 Å². The smallest absolute Gasteiger partial charge is 0.119 e. The summed E-state index contributed by atoms with van der Waals surface area (Å²) in [5.41, 5.74) is 4.20. The number of aromatic hydroxyl groups is 1. The maximum atomic E-state index is 10.6. The van der Waals surface area contributed by atoms with Gasteiger partial charge in [0.25, 0.3) is 0 Å². The summed E-state index contributed by atoms with van der Waals surface area (Å²) in [6, 6.07) is 4.54. The van der Waals surface area contributed by atoms with Crippen LogP contribution in [0.5, 0.6) is 5.75 Å². The van der Waals surface area contributed by atoms with Gasteiger partial charge in [-0.25, -0.2) is 0 Å². The lowest BCUT2D eigenvalue weighted by molar-refractivity contribution is 0.282. The lowest BCUT2D eigenvalue weighted by Gasteiger charge is -2.31. The number of phenolic OH excluding ortho intramolecular Hbond substituents is 1. The molecule has 0 saturated heterocycles. The fourth-order valence-corrected chi connectivity index (χ4v) is 6.83. The highest BCUT2D eigenvalue weighted by molar-refractivity contribution is 5.45. The third-order valence-corrected chi connectivity index (χ3v) is 8.29. The molecule has 27 heavy (non-hydrogen) atoms. The Morgan fingerprint density at radius 3 is 2.41 bits per heavy atom. The first-order valence-corrected chi connectivity index (χ1v) is 12.0. The fourth-order valence-electron chi connectivity index (χ4n) is 6.83. The van der Waals surface area contributed by atoms with Crippen LogP contribution in [0, 0.1) is 24.7 Å². The Kier molecular flexibility index (Phi) is 6.15. The van der Waals surface area contributed by atoms with Crippen LogP contribution < -0.4 is 0 Å². The van der Waals surface area contributed by atoms with Gasteiger partial charge in [0, 0.05) is 0 Å². The molecule has 150 valence electrons. The number of phenols is 1. The van der Waals surface area contributed by atoms with Gasteiger partial charge in [-0.2, -0.15) is 0 Å². The Morgan fingerprint density at radius 1 is 0.889 bits per heavy atom. The third-order valence-electron chi connectivity index (χ3n) is 8.29. The zero-order valence-corrected chi connectivity index (χ0v) is 17.7. The summed E-state index contributed by atoms with van der Waals surface area (Å²) in [5, 5.41) is 10.6. The molecule has 3 aliphatic carbocycles. The molecule has 0 aliphatic heterocycles. The van der Waals surface area contributed by atoms with Crippen LogP contribution in [-0.4, -0.2) is 5.11 Å². The van der Waals surface area contributed by atoms with Gasteiger partial charge in [-0.1, -0.05) is 64.4 Å². The minimum Gasteiger partial charge on any atom is -0.508 e. The Bertz CT molecular complexity index is 627. The van der Waals surface area contributed by atoms with Gasteiger partial charge in [-0.05, 0) is 91.4 Å². The number of aryl methyl sites for hydroxylation is 1. The van der Waals surface area contributed by atoms with E-state index >= 15 is 0 Å². The molecule has 0 spiro atoms. The quantitative estimate of drug-likeness (QED) is 0.486. The van der Waals surface area contributed by atoms with Gasteiger partial charge in [-0.3, -0.25) is 0 Å². The second kappa shape index (κ2) is 8.58. The summed E-state index contributed by atoms with van der Waals surface area (Å²) in [4.78, 5) is 0. The number of fused-ring (bicyclic) bond motifs is 2. The average Bonchev–Trinajstić information content (AvgIpc) is 3.26. The third kappa shape index (κ3) is 4.08. The van der Waals surface area contributed by atoms with Crippen molar-refractivity contribution in [2.45, 2.75) is 109 Å². The molecule has 1 N–H and O–H groups in total. The van der Waals surface area contributed by atoms with E-state index in [1.165, 1.54) is 94.6 Å². The Labute approximate surface area is 167 Å². The molecule has 2 bridgehead atoms. The summed E-state index contributed by atoms with van der Waals surface area (Å²) < 4.78 is 0. The van der Waals surface area contributed by atoms with Crippen molar-refractivity contribution >= 4 is 0 Å². The normalized spacial score (nSPS) is 30.9. The first kappa shape index (κ1) is 19.3. The van der Waals surface area contributed by atoms with E-state index in [4.69, 9.17) is 0 Å². The number of hydrogen-bond acceptors (Lipinski definition) is 1. The van der Waals surface area contributed by atoms with Crippen molar-refractivity contribution in [3.63, 3.8) is 0 Å². The SMILES string of the molecule is CCCCCCC1CC2CC1CC2c1cc(C2CCCCC2)c(O)cc1C. The minimum absolute atomic E-state index is 0.570. The molecule has 4 unspecified atom stereocenters. The minimum atomic E-state index is 0.570. The van der Waals surface area contributed by atoms with Crippen LogP contribution in [0.2, 0.25) is 0 Å². The summed E-state index contributed by atoms with van der Waals surface area (Å²) in [7, 11) is 0. The van der Waals surface area contributed by atoms with E-state index in [0.717, 1.165) is 23.7 Å². The van der Waals surface area contributed by atoms with Crippen molar-refractivity contribution in [2.24, 2.45) is 17.8 Å². The van der Waals surface area contributed by atoms with Crippen LogP contribution in [0.4, 0.5) is 0 Å². The van der Waals surface area contributed by atoms with Crippen molar-refractivity contribution in [2.75, 3.05) is 0 Å². The van der Waals surface area contributed by atoms with Crippen LogP contribution in [0.1, 0.15) is 119 Å². The van der Waals surface area contributed by atoms with Gasteiger partial charge in [-0.15, -0.1) is 0 Å². The maximum absolute atomic E-state index is 10.6. The lowest BCUT2D eigenvalue weighted by atomic mass is 9.74. The molecule has 3 aliphatic rings. The number of rotatable bonds is 7. The first-order valence-electron chi connectivity index (χ1n) is 12.0. The zero-order valence-electron chi connectivity index (χ0n) is 17.7. The highest BCUT2D eigenvalue weighted by atomic mass is 16.3. The van der Waals surface area contributed by atoms with Crippen molar-refractivity contribution in [1.29, 1.82) is 0 Å². The van der Waals surface area contributed by atoms with Gasteiger partial charge in [0.2, 0.25) is 0 Å². The van der Waals surface area contributed by atoms with Gasteiger partial charge in [0.1, 0.15) is 5.75 Å². The number of unbranched alkanes of at least 4 members (excludes halogenated alkanes) is 3. The van der Waals surface area contributed by atoms with Gasteiger partial charge < -0.3 is 5.11 Å². The zero-order chi connectivity index (χ0) is 18.8. The van der Waals surface area contributed by atoms with Gasteiger partial charge >= 0.3 is 0 Å². The van der Waals surface area contributed by atoms with Crippen molar-refractivity contribution in [1.82, 2.24) is 0 Å². The van der Waals surface area contributed by atoms with E-state index in [0.29, 0.717) is 11.7 Å². The van der Waals surface area contributed by atoms with Crippen LogP contribution >= 0.6 is 0 Å². The fraction of sp³-hybridized carbons (Fsp3) is 0.769. The lowest BCUT2D eigenvalue weighted by Crippen LogP contribution is -2.18. The average molecular weight is 369 g/mol. The van der Waals surface area contributed by atoms with Crippen molar-refractivity contribution in [3.8, 4) is 5.75 Å². The molecule has 0 radical (unpaired) electrons. The van der Waals surface area contributed by atoms with Crippen molar-refractivity contribution in [3.05, 3.63) is 28.8 Å². The van der Waals surface area contributed by atoms with Gasteiger partial charge in [0.15, 0.2) is 0 Å². The predicted molar refractivity (Wildman–Crippen MR) is 114 cm³/mol. The van der Waals surface area contributed by atoms with Crippen LogP contribution in [0.3, 0.4) is 0 Å². The molecule has 4 atom stereocenters. The van der Waals surface area contributed by atoms with E-state index in [2.05, 4.69) is 26.0 Å². The molecule has 3 fully saturated rings. The highest BCUT2D eigenvalue weighted by Crippen LogP contribution is 2.58. The molecule has 0 amide bonds. The Hall–Kier alpha value is -0.980. The molecule has 1 nitrogen and oxygen atoms in total.